The van der Waals surface area contributed by atoms with Gasteiger partial charge in [-0.1, -0.05) is 17.7 Å². The monoisotopic (exact) mass is 412 g/mol. The van der Waals surface area contributed by atoms with E-state index in [9.17, 15) is 9.32 Å². The number of hydrogen-bond donors (Lipinski definition) is 2. The number of nitrogens with one attached hydrogen (secondary N) is 1. The van der Waals surface area contributed by atoms with E-state index in [4.69, 9.17) is 11.6 Å². The average Bonchev–Trinajstić information content (AvgIpc) is 2.86. The van der Waals surface area contributed by atoms with Crippen LogP contribution in [0.25, 0.3) is 22.0 Å². The largest absolute Gasteiger partial charge is 0.386 e. The summed E-state index contributed by atoms with van der Waals surface area (Å²) in [5.74, 6) is 0.162. The minimum atomic E-state index is -1.11. The second kappa shape index (κ2) is 6.73. The number of aromatic amines is 1. The summed E-state index contributed by atoms with van der Waals surface area (Å²) in [4.78, 5) is 7.39. The Bertz CT molecular complexity index is 883. The quantitative estimate of drug-likeness (QED) is 0.678. The van der Waals surface area contributed by atoms with Crippen LogP contribution in [0.4, 0.5) is 0 Å². The Kier molecular flexibility index (Phi) is 4.87. The molecule has 120 valence electrons. The number of aromatic nitrogens is 2. The molecule has 3 aromatic rings. The fourth-order valence-corrected chi connectivity index (χ4v) is 3.71. The van der Waals surface area contributed by atoms with Gasteiger partial charge in [0, 0.05) is 56.0 Å². The molecule has 0 aliphatic heterocycles. The van der Waals surface area contributed by atoms with Gasteiger partial charge in [-0.25, -0.2) is 0 Å². The molecule has 2 unspecified atom stereocenters. The number of benzene rings is 1. The maximum atomic E-state index is 11.5. The minimum absolute atomic E-state index is 0.162. The van der Waals surface area contributed by atoms with Crippen LogP contribution in [0.5, 0.6) is 0 Å². The highest BCUT2D eigenvalue weighted by Crippen LogP contribution is 2.38. The van der Waals surface area contributed by atoms with Crippen molar-refractivity contribution in [3.63, 3.8) is 0 Å². The number of hydrogen-bond acceptors (Lipinski definition) is 3. The van der Waals surface area contributed by atoms with Gasteiger partial charge < -0.3 is 10.1 Å². The summed E-state index contributed by atoms with van der Waals surface area (Å²) >= 11 is 9.64. The molecule has 0 aliphatic carbocycles. The first kappa shape index (κ1) is 16.6. The molecule has 0 saturated carbocycles. The van der Waals surface area contributed by atoms with Crippen molar-refractivity contribution in [2.24, 2.45) is 0 Å². The van der Waals surface area contributed by atoms with Crippen molar-refractivity contribution in [3.05, 3.63) is 51.8 Å². The maximum Gasteiger partial charge on any atom is 0.106 e. The van der Waals surface area contributed by atoms with E-state index in [1.54, 1.807) is 18.6 Å². The molecule has 0 radical (unpaired) electrons. The lowest BCUT2D eigenvalue weighted by Gasteiger charge is -2.11. The van der Waals surface area contributed by atoms with E-state index in [1.807, 2.05) is 24.3 Å². The van der Waals surface area contributed by atoms with Crippen LogP contribution in [-0.4, -0.2) is 31.3 Å². The van der Waals surface area contributed by atoms with Gasteiger partial charge in [0.15, 0.2) is 0 Å². The molecule has 2 aromatic heterocycles. The molecule has 1 aromatic carbocycles. The van der Waals surface area contributed by atoms with Crippen LogP contribution in [0.3, 0.4) is 0 Å². The van der Waals surface area contributed by atoms with E-state index in [2.05, 4.69) is 25.9 Å². The van der Waals surface area contributed by atoms with E-state index in [1.165, 1.54) is 0 Å². The molecule has 0 bridgehead atoms. The molecule has 0 fully saturated rings. The first-order valence-corrected chi connectivity index (χ1v) is 9.76. The van der Waals surface area contributed by atoms with E-state index < -0.39 is 16.9 Å². The number of aliphatic hydroxyl groups excluding tert-OH is 1. The third-order valence-electron chi connectivity index (χ3n) is 3.54. The van der Waals surface area contributed by atoms with Crippen LogP contribution in [0.2, 0.25) is 5.02 Å². The Morgan fingerprint density at radius 1 is 1.48 bits per heavy atom. The third-order valence-corrected chi connectivity index (χ3v) is 5.53. The van der Waals surface area contributed by atoms with Gasteiger partial charge in [-0.3, -0.25) is 9.19 Å². The van der Waals surface area contributed by atoms with Crippen molar-refractivity contribution >= 4 is 49.2 Å². The molecule has 23 heavy (non-hydrogen) atoms. The lowest BCUT2D eigenvalue weighted by atomic mass is 10.0. The van der Waals surface area contributed by atoms with Crippen LogP contribution in [0.15, 0.2) is 41.1 Å². The summed E-state index contributed by atoms with van der Waals surface area (Å²) in [5, 5.41) is 12.0. The number of fused-ring (bicyclic) bond motifs is 1. The number of nitrogens with zero attached hydrogens (tertiary/aromatic N) is 1. The van der Waals surface area contributed by atoms with E-state index in [-0.39, 0.29) is 5.75 Å². The summed E-state index contributed by atoms with van der Waals surface area (Å²) in [6.07, 6.45) is 4.14. The number of rotatable bonds is 4. The summed E-state index contributed by atoms with van der Waals surface area (Å²) in [6, 6.07) is 7.48. The third kappa shape index (κ3) is 3.35. The molecule has 4 nitrogen and oxygen atoms in total. The second-order valence-electron chi connectivity index (χ2n) is 5.22. The zero-order valence-electron chi connectivity index (χ0n) is 12.2. The van der Waals surface area contributed by atoms with Crippen molar-refractivity contribution in [2.75, 3.05) is 12.0 Å². The molecule has 0 aliphatic rings. The Hall–Kier alpha value is -1.21. The summed E-state index contributed by atoms with van der Waals surface area (Å²) < 4.78 is 12.3. The molecule has 2 atom stereocenters. The Morgan fingerprint density at radius 3 is 2.91 bits per heavy atom. The Morgan fingerprint density at radius 2 is 2.26 bits per heavy atom. The molecular weight excluding hydrogens is 400 g/mol. The Labute approximate surface area is 149 Å². The number of H-pyrrole nitrogens is 1. The predicted molar refractivity (Wildman–Crippen MR) is 98.1 cm³/mol. The standard InChI is InChI=1S/C16H14BrClN2O2S/c1-23(22)8-14(21)16-15(9-3-2-4-19-7-9)10-5-12(18)11(17)6-13(10)20-16/h2-7,14,20-21H,8H2,1H3. The van der Waals surface area contributed by atoms with Gasteiger partial charge in [0.2, 0.25) is 0 Å². The summed E-state index contributed by atoms with van der Waals surface area (Å²) in [7, 11) is -1.11. The highest BCUT2D eigenvalue weighted by atomic mass is 79.9. The predicted octanol–water partition coefficient (Wildman–Crippen LogP) is 4.06. The molecule has 0 saturated heterocycles. The zero-order chi connectivity index (χ0) is 16.6. The maximum absolute atomic E-state index is 11.5. The first-order chi connectivity index (χ1) is 11.0. The van der Waals surface area contributed by atoms with Crippen LogP contribution >= 0.6 is 27.5 Å². The van der Waals surface area contributed by atoms with E-state index in [0.29, 0.717) is 10.7 Å². The van der Waals surface area contributed by atoms with Gasteiger partial charge in [-0.15, -0.1) is 0 Å². The fraction of sp³-hybridized carbons (Fsp3) is 0.188. The second-order valence-corrected chi connectivity index (χ2v) is 7.96. The molecule has 7 heteroatoms. The van der Waals surface area contributed by atoms with Gasteiger partial charge in [0.05, 0.1) is 16.5 Å². The van der Waals surface area contributed by atoms with Crippen molar-refractivity contribution in [3.8, 4) is 11.1 Å². The van der Waals surface area contributed by atoms with Gasteiger partial charge >= 0.3 is 0 Å². The molecule has 2 N–H and O–H groups in total. The normalized spacial score (nSPS) is 14.1. The SMILES string of the molecule is CS(=O)CC(O)c1[nH]c2cc(Br)c(Cl)cc2c1-c1cccnc1. The highest BCUT2D eigenvalue weighted by molar-refractivity contribution is 9.10. The molecular formula is C16H14BrClN2O2S. The van der Waals surface area contributed by atoms with Crippen molar-refractivity contribution in [1.82, 2.24) is 9.97 Å². The minimum Gasteiger partial charge on any atom is -0.386 e. The van der Waals surface area contributed by atoms with Crippen LogP contribution in [0.1, 0.15) is 11.8 Å². The van der Waals surface area contributed by atoms with Crippen LogP contribution < -0.4 is 0 Å². The number of aliphatic hydroxyl groups is 1. The number of halogens is 2. The molecule has 2 heterocycles. The summed E-state index contributed by atoms with van der Waals surface area (Å²) in [5.41, 5.74) is 3.17. The average molecular weight is 414 g/mol. The van der Waals surface area contributed by atoms with Gasteiger partial charge in [-0.05, 0) is 34.1 Å². The van der Waals surface area contributed by atoms with Crippen molar-refractivity contribution in [1.29, 1.82) is 0 Å². The van der Waals surface area contributed by atoms with E-state index in [0.717, 1.165) is 26.5 Å². The molecule has 0 amide bonds. The molecule has 0 spiro atoms. The van der Waals surface area contributed by atoms with Crippen molar-refractivity contribution in [2.45, 2.75) is 6.10 Å². The Balaban J connectivity index is 2.28. The molecule has 3 rings (SSSR count). The topological polar surface area (TPSA) is 66.0 Å². The first-order valence-electron chi connectivity index (χ1n) is 6.86. The van der Waals surface area contributed by atoms with Gasteiger partial charge in [-0.2, -0.15) is 0 Å². The smallest absolute Gasteiger partial charge is 0.106 e. The van der Waals surface area contributed by atoms with Gasteiger partial charge in [0.25, 0.3) is 0 Å². The van der Waals surface area contributed by atoms with Crippen molar-refractivity contribution < 1.29 is 9.32 Å². The fourth-order valence-electron chi connectivity index (χ4n) is 2.59. The lowest BCUT2D eigenvalue weighted by molar-refractivity contribution is 0.199. The van der Waals surface area contributed by atoms with Crippen LogP contribution in [-0.2, 0) is 10.8 Å². The lowest BCUT2D eigenvalue weighted by Crippen LogP contribution is -2.09. The summed E-state index contributed by atoms with van der Waals surface area (Å²) in [6.45, 7) is 0. The van der Waals surface area contributed by atoms with Crippen LogP contribution in [0, 0.1) is 0 Å². The van der Waals surface area contributed by atoms with Gasteiger partial charge in [0.1, 0.15) is 6.10 Å². The number of pyridine rings is 1. The highest BCUT2D eigenvalue weighted by Gasteiger charge is 2.21. The van der Waals surface area contributed by atoms with E-state index >= 15 is 0 Å². The zero-order valence-corrected chi connectivity index (χ0v) is 15.4.